The predicted octanol–water partition coefficient (Wildman–Crippen LogP) is 2.07. The van der Waals surface area contributed by atoms with Crippen LogP contribution >= 0.6 is 12.2 Å². The fourth-order valence-corrected chi connectivity index (χ4v) is 0.925. The monoisotopic (exact) mass is 155 g/mol. The molecule has 0 atom stereocenters. The molecule has 1 rings (SSSR count). The van der Waals surface area contributed by atoms with Crippen molar-refractivity contribution < 1.29 is 5.21 Å². The van der Waals surface area contributed by atoms with Crippen molar-refractivity contribution in [3.63, 3.8) is 0 Å². The van der Waals surface area contributed by atoms with E-state index in [1.165, 1.54) is 0 Å². The second-order valence-corrected chi connectivity index (χ2v) is 2.67. The maximum absolute atomic E-state index is 9.20. The lowest BCUT2D eigenvalue weighted by Crippen LogP contribution is -2.00. The summed E-state index contributed by atoms with van der Waals surface area (Å²) >= 11 is 4.81. The van der Waals surface area contributed by atoms with Crippen LogP contribution in [0.3, 0.4) is 0 Å². The molecule has 0 aliphatic rings. The van der Waals surface area contributed by atoms with Crippen LogP contribution in [0.5, 0.6) is 0 Å². The first-order valence-corrected chi connectivity index (χ1v) is 3.42. The Bertz CT molecular complexity index is 303. The second-order valence-electron chi connectivity index (χ2n) is 2.25. The Kier molecular flexibility index (Phi) is 1.76. The smallest absolute Gasteiger partial charge is 0.142 e. The summed E-state index contributed by atoms with van der Waals surface area (Å²) in [6, 6.07) is 3.60. The molecule has 54 valence electrons. The van der Waals surface area contributed by atoms with E-state index in [1.54, 1.807) is 6.07 Å². The van der Waals surface area contributed by atoms with Gasteiger partial charge in [-0.05, 0) is 25.5 Å². The topological polar surface area (TPSA) is 25.2 Å². The van der Waals surface area contributed by atoms with Crippen molar-refractivity contribution in [1.82, 2.24) is 4.73 Å². The van der Waals surface area contributed by atoms with Crippen LogP contribution in [0.2, 0.25) is 0 Å². The Morgan fingerprint density at radius 2 is 2.00 bits per heavy atom. The first kappa shape index (κ1) is 7.28. The van der Waals surface area contributed by atoms with Crippen molar-refractivity contribution in [2.45, 2.75) is 13.8 Å². The predicted molar refractivity (Wildman–Crippen MR) is 41.9 cm³/mol. The number of pyridine rings is 1. The first-order valence-electron chi connectivity index (χ1n) is 3.01. The quantitative estimate of drug-likeness (QED) is 0.458. The molecule has 3 heteroatoms. The largest absolute Gasteiger partial charge is 0.427 e. The van der Waals surface area contributed by atoms with Gasteiger partial charge in [-0.3, -0.25) is 0 Å². The lowest BCUT2D eigenvalue weighted by atomic mass is 10.2. The van der Waals surface area contributed by atoms with E-state index in [0.717, 1.165) is 16.0 Å². The van der Waals surface area contributed by atoms with Gasteiger partial charge in [-0.25, -0.2) is 0 Å². The second kappa shape index (κ2) is 2.42. The number of aryl methyl sites for hydroxylation is 1. The molecule has 0 aliphatic heterocycles. The highest BCUT2D eigenvalue weighted by atomic mass is 32.1. The SMILES string of the molecule is Cc1ccc(=S)n(O)c1C. The van der Waals surface area contributed by atoms with Gasteiger partial charge in [-0.2, -0.15) is 4.73 Å². The maximum atomic E-state index is 9.20. The summed E-state index contributed by atoms with van der Waals surface area (Å²) in [4.78, 5) is 0. The van der Waals surface area contributed by atoms with Gasteiger partial charge in [0.15, 0.2) is 0 Å². The summed E-state index contributed by atoms with van der Waals surface area (Å²) in [5.74, 6) is 0. The lowest BCUT2D eigenvalue weighted by Gasteiger charge is -2.03. The van der Waals surface area contributed by atoms with Crippen LogP contribution in [0.1, 0.15) is 11.3 Å². The summed E-state index contributed by atoms with van der Waals surface area (Å²) in [5.41, 5.74) is 1.84. The van der Waals surface area contributed by atoms with E-state index in [4.69, 9.17) is 12.2 Å². The van der Waals surface area contributed by atoms with Crippen molar-refractivity contribution >= 4 is 12.2 Å². The molecule has 1 N–H and O–H groups in total. The molecule has 0 saturated carbocycles. The van der Waals surface area contributed by atoms with Gasteiger partial charge in [0.05, 0.1) is 5.69 Å². The molecule has 0 amide bonds. The van der Waals surface area contributed by atoms with Gasteiger partial charge >= 0.3 is 0 Å². The molecule has 2 nitrogen and oxygen atoms in total. The van der Waals surface area contributed by atoms with E-state index in [1.807, 2.05) is 19.9 Å². The highest BCUT2D eigenvalue weighted by molar-refractivity contribution is 7.71. The number of aromatic nitrogens is 1. The molecule has 0 spiro atoms. The summed E-state index contributed by atoms with van der Waals surface area (Å²) in [6.45, 7) is 3.75. The third-order valence-corrected chi connectivity index (χ3v) is 1.88. The van der Waals surface area contributed by atoms with Gasteiger partial charge in [0, 0.05) is 0 Å². The molecule has 1 aromatic rings. The molecule has 10 heavy (non-hydrogen) atoms. The van der Waals surface area contributed by atoms with E-state index in [-0.39, 0.29) is 0 Å². The zero-order valence-corrected chi connectivity index (χ0v) is 6.77. The average molecular weight is 155 g/mol. The standard InChI is InChI=1S/C7H9NOS/c1-5-3-4-7(10)8(9)6(5)2/h3-4,9H,1-2H3. The number of hydrogen-bond acceptors (Lipinski definition) is 2. The van der Waals surface area contributed by atoms with Gasteiger partial charge in [0.2, 0.25) is 0 Å². The molecule has 0 bridgehead atoms. The summed E-state index contributed by atoms with van der Waals surface area (Å²) in [6.07, 6.45) is 0. The minimum atomic E-state index is 0.447. The molecular weight excluding hydrogens is 146 g/mol. The van der Waals surface area contributed by atoms with Crippen LogP contribution in [0, 0.1) is 18.5 Å². The molecule has 0 saturated heterocycles. The van der Waals surface area contributed by atoms with Crippen molar-refractivity contribution in [3.8, 4) is 0 Å². The molecule has 1 aromatic heterocycles. The zero-order chi connectivity index (χ0) is 7.72. The van der Waals surface area contributed by atoms with Crippen LogP contribution in [-0.2, 0) is 0 Å². The van der Waals surface area contributed by atoms with Crippen molar-refractivity contribution in [3.05, 3.63) is 28.0 Å². The zero-order valence-electron chi connectivity index (χ0n) is 5.96. The van der Waals surface area contributed by atoms with Crippen molar-refractivity contribution in [1.29, 1.82) is 0 Å². The fourth-order valence-electron chi connectivity index (χ4n) is 0.720. The number of hydrogen-bond donors (Lipinski definition) is 1. The fraction of sp³-hybridized carbons (Fsp3) is 0.286. The minimum Gasteiger partial charge on any atom is -0.427 e. The van der Waals surface area contributed by atoms with Gasteiger partial charge in [-0.15, -0.1) is 0 Å². The molecule has 0 radical (unpaired) electrons. The number of nitrogens with zero attached hydrogens (tertiary/aromatic N) is 1. The minimum absolute atomic E-state index is 0.447. The molecular formula is C7H9NOS. The molecule has 0 fully saturated rings. The van der Waals surface area contributed by atoms with Crippen LogP contribution in [0.25, 0.3) is 0 Å². The molecule has 0 aromatic carbocycles. The molecule has 0 aliphatic carbocycles. The van der Waals surface area contributed by atoms with Gasteiger partial charge in [-0.1, -0.05) is 18.3 Å². The van der Waals surface area contributed by atoms with Crippen molar-refractivity contribution in [2.24, 2.45) is 0 Å². The first-order chi connectivity index (χ1) is 4.63. The molecule has 0 unspecified atom stereocenters. The lowest BCUT2D eigenvalue weighted by molar-refractivity contribution is 0.173. The van der Waals surface area contributed by atoms with Gasteiger partial charge in [0.25, 0.3) is 0 Å². The van der Waals surface area contributed by atoms with Crippen LogP contribution in [0.15, 0.2) is 12.1 Å². The highest BCUT2D eigenvalue weighted by Gasteiger charge is 1.95. The van der Waals surface area contributed by atoms with E-state index in [0.29, 0.717) is 4.64 Å². The van der Waals surface area contributed by atoms with Crippen LogP contribution in [0.4, 0.5) is 0 Å². The van der Waals surface area contributed by atoms with Crippen LogP contribution < -0.4 is 0 Å². The normalized spacial score (nSPS) is 9.80. The Morgan fingerprint density at radius 3 is 2.50 bits per heavy atom. The van der Waals surface area contributed by atoms with E-state index in [2.05, 4.69) is 0 Å². The van der Waals surface area contributed by atoms with Crippen molar-refractivity contribution in [2.75, 3.05) is 0 Å². The average Bonchev–Trinajstić information content (AvgIpc) is 1.93. The summed E-state index contributed by atoms with van der Waals surface area (Å²) < 4.78 is 1.47. The van der Waals surface area contributed by atoms with Gasteiger partial charge < -0.3 is 5.21 Å². The van der Waals surface area contributed by atoms with Crippen LogP contribution in [-0.4, -0.2) is 9.94 Å². The number of rotatable bonds is 0. The summed E-state index contributed by atoms with van der Waals surface area (Å²) in [7, 11) is 0. The van der Waals surface area contributed by atoms with E-state index >= 15 is 0 Å². The summed E-state index contributed by atoms with van der Waals surface area (Å²) in [5, 5.41) is 9.20. The van der Waals surface area contributed by atoms with E-state index in [9.17, 15) is 5.21 Å². The third kappa shape index (κ3) is 1.04. The van der Waals surface area contributed by atoms with Gasteiger partial charge in [0.1, 0.15) is 4.64 Å². The Balaban J connectivity index is 3.49. The molecule has 1 heterocycles. The maximum Gasteiger partial charge on any atom is 0.142 e. The van der Waals surface area contributed by atoms with E-state index < -0.39 is 0 Å². The Hall–Kier alpha value is -0.830. The highest BCUT2D eigenvalue weighted by Crippen LogP contribution is 2.04. The Morgan fingerprint density at radius 1 is 1.40 bits per heavy atom. The third-order valence-electron chi connectivity index (χ3n) is 1.57. The Labute approximate surface area is 64.7 Å².